The number of hydrogen-bond acceptors (Lipinski definition) is 8. The molecule has 14 aromatic carbocycles. The van der Waals surface area contributed by atoms with Crippen molar-refractivity contribution in [3.05, 3.63) is 279 Å². The number of furan rings is 1. The molecule has 0 bridgehead atoms. The van der Waals surface area contributed by atoms with Crippen LogP contribution in [0.1, 0.15) is 0 Å². The first-order chi connectivity index (χ1) is 46.5. The van der Waals surface area contributed by atoms with Crippen LogP contribution in [0.3, 0.4) is 0 Å². The minimum absolute atomic E-state index is 0.532. The zero-order valence-corrected chi connectivity index (χ0v) is 52.3. The summed E-state index contributed by atoms with van der Waals surface area (Å²) in [5.74, 6) is 1.61. The summed E-state index contributed by atoms with van der Waals surface area (Å²) in [7, 11) is 0. The van der Waals surface area contributed by atoms with Crippen molar-refractivity contribution in [2.75, 3.05) is 0 Å². The topological polar surface area (TPSA) is 74.6 Å². The van der Waals surface area contributed by atoms with E-state index in [9.17, 15) is 0 Å². The molecular weight excluding hydrogens is 1210 g/mol. The molecular formula is C84H46N6OS3. The van der Waals surface area contributed by atoms with Crippen LogP contribution < -0.4 is 0 Å². The van der Waals surface area contributed by atoms with Gasteiger partial charge in [0.15, 0.2) is 11.6 Å². The molecule has 0 aliphatic rings. The summed E-state index contributed by atoms with van der Waals surface area (Å²) in [4.78, 5) is 22.8. The van der Waals surface area contributed by atoms with Crippen molar-refractivity contribution in [1.29, 1.82) is 0 Å². The van der Waals surface area contributed by atoms with Crippen molar-refractivity contribution in [3.63, 3.8) is 0 Å². The van der Waals surface area contributed by atoms with E-state index in [-0.39, 0.29) is 0 Å². The SMILES string of the molecule is c1ccc2cc3c(cc2c1)c1c2ccccc2ccc1n3-c1nc2oc3ccccc3c2nc1-c1ccc2c(c1)sc1ccccc12.c1ccc2cc3c(cc2c1)c1cc2ccccc2cc1n3-c1nc2sc3ccccc3c2nc1-c1ccc2c(c1)sc1ccccc12. The fraction of sp³-hybridized carbons (Fsp3) is 0. The molecule has 0 radical (unpaired) electrons. The van der Waals surface area contributed by atoms with E-state index in [2.05, 4.69) is 270 Å². The number of rotatable bonds is 4. The fourth-order valence-electron chi connectivity index (χ4n) is 14.8. The quantitative estimate of drug-likeness (QED) is 0.176. The van der Waals surface area contributed by atoms with Gasteiger partial charge in [-0.2, -0.15) is 4.98 Å². The molecule has 0 saturated heterocycles. The standard InChI is InChI=1S/C42H23N3OS.C42H23N3S2/c1-2-11-26-22-34-32(21-25(26)10-1)38-28-12-4-3-9-24(28)18-20-33(38)45(34)41-39(43-40-31-14-5-7-15-35(31)46-42(40)44-41)27-17-19-30-29-13-6-8-16-36(29)47-37(30)23-27;1-3-11-26-21-34-32(19-24(26)9-1)33-20-25-10-2-4-12-27(25)22-35(33)45(34)41-39(43-40-31-14-6-8-16-37(31)47-42(40)44-41)28-17-18-30-29-13-5-7-15-36(29)46-38(30)23-28/h2*1-23H. The highest BCUT2D eigenvalue weighted by Gasteiger charge is 2.26. The third-order valence-corrected chi connectivity index (χ3v) is 22.5. The third kappa shape index (κ3) is 7.76. The van der Waals surface area contributed by atoms with Crippen LogP contribution in [0.15, 0.2) is 283 Å². The molecule has 0 N–H and O–H groups in total. The van der Waals surface area contributed by atoms with Crippen LogP contribution in [0.4, 0.5) is 0 Å². The van der Waals surface area contributed by atoms with Crippen LogP contribution in [0.2, 0.25) is 0 Å². The average molecular weight is 1250 g/mol. The van der Waals surface area contributed by atoms with Crippen LogP contribution in [0.5, 0.6) is 0 Å². The Balaban J connectivity index is 0.000000126. The number of aromatic nitrogens is 6. The number of fused-ring (bicyclic) bond motifs is 23. The van der Waals surface area contributed by atoms with Crippen LogP contribution in [-0.4, -0.2) is 29.1 Å². The van der Waals surface area contributed by atoms with Gasteiger partial charge < -0.3 is 4.42 Å². The summed E-state index contributed by atoms with van der Waals surface area (Å²) >= 11 is 5.37. The van der Waals surface area contributed by atoms with Gasteiger partial charge in [-0.1, -0.05) is 194 Å². The summed E-state index contributed by atoms with van der Waals surface area (Å²) in [5, 5.41) is 21.7. The summed E-state index contributed by atoms with van der Waals surface area (Å²) < 4.78 is 17.3. The minimum Gasteiger partial charge on any atom is -0.436 e. The molecule has 0 fully saturated rings. The van der Waals surface area contributed by atoms with E-state index in [1.807, 2.05) is 40.9 Å². The molecule has 94 heavy (non-hydrogen) atoms. The van der Waals surface area contributed by atoms with Gasteiger partial charge in [0.25, 0.3) is 0 Å². The summed E-state index contributed by atoms with van der Waals surface area (Å²) in [6.45, 7) is 0. The average Bonchev–Trinajstić information content (AvgIpc) is 1.56. The molecule has 8 heterocycles. The second-order valence-electron chi connectivity index (χ2n) is 24.4. The van der Waals surface area contributed by atoms with Gasteiger partial charge in [-0.05, 0) is 128 Å². The molecule has 0 saturated carbocycles. The number of para-hydroxylation sites is 1. The zero-order chi connectivity index (χ0) is 61.3. The van der Waals surface area contributed by atoms with Crippen molar-refractivity contribution in [3.8, 4) is 34.2 Å². The van der Waals surface area contributed by atoms with E-state index < -0.39 is 0 Å². The lowest BCUT2D eigenvalue weighted by molar-refractivity contribution is 0.652. The Morgan fingerprint density at radius 2 is 0.691 bits per heavy atom. The molecule has 0 amide bonds. The van der Waals surface area contributed by atoms with Crippen molar-refractivity contribution in [1.82, 2.24) is 29.1 Å². The Morgan fingerprint density at radius 1 is 0.266 bits per heavy atom. The van der Waals surface area contributed by atoms with E-state index in [0.717, 1.165) is 88.4 Å². The molecule has 22 rings (SSSR count). The normalized spacial score (nSPS) is 12.3. The van der Waals surface area contributed by atoms with E-state index in [0.29, 0.717) is 5.71 Å². The van der Waals surface area contributed by atoms with Crippen molar-refractivity contribution in [2.45, 2.75) is 0 Å². The largest absolute Gasteiger partial charge is 0.436 e. The lowest BCUT2D eigenvalue weighted by Gasteiger charge is -2.13. The van der Waals surface area contributed by atoms with E-state index >= 15 is 0 Å². The van der Waals surface area contributed by atoms with Gasteiger partial charge in [-0.25, -0.2) is 15.0 Å². The van der Waals surface area contributed by atoms with E-state index in [1.165, 1.54) is 110 Å². The molecule has 22 aromatic rings. The molecule has 0 aliphatic carbocycles. The van der Waals surface area contributed by atoms with Gasteiger partial charge in [0.1, 0.15) is 32.8 Å². The van der Waals surface area contributed by atoms with Gasteiger partial charge in [0.2, 0.25) is 5.71 Å². The number of nitrogens with zero attached hydrogens (tertiary/aromatic N) is 6. The fourth-order valence-corrected chi connectivity index (χ4v) is 18.1. The number of thiophene rings is 3. The Bertz CT molecular complexity index is 6690. The Labute approximate surface area is 546 Å². The molecule has 0 aliphatic heterocycles. The summed E-state index contributed by atoms with van der Waals surface area (Å²) in [6, 6.07) is 100. The Kier molecular flexibility index (Phi) is 11.0. The van der Waals surface area contributed by atoms with Crippen LogP contribution >= 0.6 is 34.0 Å². The molecule has 7 nitrogen and oxygen atoms in total. The number of hydrogen-bond donors (Lipinski definition) is 0. The van der Waals surface area contributed by atoms with Gasteiger partial charge >= 0.3 is 0 Å². The minimum atomic E-state index is 0.532. The maximum Gasteiger partial charge on any atom is 0.248 e. The van der Waals surface area contributed by atoms with Gasteiger partial charge in [0.05, 0.1) is 22.1 Å². The summed E-state index contributed by atoms with van der Waals surface area (Å²) in [6.07, 6.45) is 0. The predicted molar refractivity (Wildman–Crippen MR) is 400 cm³/mol. The predicted octanol–water partition coefficient (Wildman–Crippen LogP) is 24.1. The van der Waals surface area contributed by atoms with Gasteiger partial charge in [-0.15, -0.1) is 34.0 Å². The highest BCUT2D eigenvalue weighted by molar-refractivity contribution is 7.26. The van der Waals surface area contributed by atoms with Crippen molar-refractivity contribution < 1.29 is 4.42 Å². The maximum absolute atomic E-state index is 6.37. The Morgan fingerprint density at radius 3 is 1.28 bits per heavy atom. The Hall–Kier alpha value is -11.7. The van der Waals surface area contributed by atoms with Gasteiger partial charge in [-0.3, -0.25) is 9.13 Å². The lowest BCUT2D eigenvalue weighted by atomic mass is 10.0. The molecule has 8 aromatic heterocycles. The molecule has 436 valence electrons. The smallest absolute Gasteiger partial charge is 0.248 e. The molecule has 10 heteroatoms. The van der Waals surface area contributed by atoms with Crippen molar-refractivity contribution in [2.24, 2.45) is 0 Å². The highest BCUT2D eigenvalue weighted by Crippen LogP contribution is 2.46. The monoisotopic (exact) mass is 1250 g/mol. The first-order valence-corrected chi connectivity index (χ1v) is 33.9. The molecule has 0 unspecified atom stereocenters. The molecule has 0 spiro atoms. The first-order valence-electron chi connectivity index (χ1n) is 31.5. The summed E-state index contributed by atoms with van der Waals surface area (Å²) in [5.41, 5.74) is 11.3. The van der Waals surface area contributed by atoms with Crippen LogP contribution in [-0.2, 0) is 0 Å². The van der Waals surface area contributed by atoms with E-state index in [4.69, 9.17) is 24.4 Å². The van der Waals surface area contributed by atoms with Crippen LogP contribution in [0.25, 0.3) is 204 Å². The lowest BCUT2D eigenvalue weighted by Crippen LogP contribution is -2.03. The van der Waals surface area contributed by atoms with Gasteiger partial charge in [0, 0.05) is 88.5 Å². The van der Waals surface area contributed by atoms with Crippen LogP contribution in [0, 0.1) is 0 Å². The second-order valence-corrected chi connectivity index (χ2v) is 27.6. The third-order valence-electron chi connectivity index (χ3n) is 19.1. The number of benzene rings is 14. The first kappa shape index (κ1) is 52.0. The van der Waals surface area contributed by atoms with E-state index in [1.54, 1.807) is 11.3 Å². The second kappa shape index (κ2) is 19.9. The zero-order valence-electron chi connectivity index (χ0n) is 49.9. The highest BCUT2D eigenvalue weighted by atomic mass is 32.1. The van der Waals surface area contributed by atoms with Crippen molar-refractivity contribution >= 4 is 204 Å². The molecule has 0 atom stereocenters. The maximum atomic E-state index is 6.37.